The van der Waals surface area contributed by atoms with Gasteiger partial charge < -0.3 is 9.84 Å². The number of aliphatic hydroxyl groups is 1. The maximum absolute atomic E-state index is 13.4. The van der Waals surface area contributed by atoms with Gasteiger partial charge in [0.2, 0.25) is 0 Å². The first-order valence-electron chi connectivity index (χ1n) is 5.47. The first kappa shape index (κ1) is 11.5. The van der Waals surface area contributed by atoms with Crippen molar-refractivity contribution in [1.82, 2.24) is 4.90 Å². The zero-order valence-corrected chi connectivity index (χ0v) is 9.10. The number of rotatable bonds is 2. The van der Waals surface area contributed by atoms with Gasteiger partial charge in [-0.25, -0.2) is 4.39 Å². The molecule has 3 nitrogen and oxygen atoms in total. The first-order valence-corrected chi connectivity index (χ1v) is 5.47. The summed E-state index contributed by atoms with van der Waals surface area (Å²) in [5.74, 6) is -0.192. The molecule has 88 valence electrons. The van der Waals surface area contributed by atoms with Gasteiger partial charge in [-0.05, 0) is 6.07 Å². The summed E-state index contributed by atoms with van der Waals surface area (Å²) in [4.78, 5) is 2.01. The van der Waals surface area contributed by atoms with Crippen LogP contribution in [0.5, 0.6) is 0 Å². The number of nitrogens with zero attached hydrogens (tertiary/aromatic N) is 1. The van der Waals surface area contributed by atoms with Crippen molar-refractivity contribution in [2.75, 3.05) is 26.3 Å². The van der Waals surface area contributed by atoms with Gasteiger partial charge in [0.05, 0.1) is 19.3 Å². The van der Waals surface area contributed by atoms with E-state index in [4.69, 9.17) is 4.74 Å². The van der Waals surface area contributed by atoms with Crippen molar-refractivity contribution in [3.8, 4) is 0 Å². The summed E-state index contributed by atoms with van der Waals surface area (Å²) < 4.78 is 18.6. The van der Waals surface area contributed by atoms with E-state index in [9.17, 15) is 9.50 Å². The van der Waals surface area contributed by atoms with Crippen LogP contribution < -0.4 is 0 Å². The predicted molar refractivity (Wildman–Crippen MR) is 58.5 cm³/mol. The standard InChI is InChI=1S/C12H16FNO2/c13-12-4-2-1-3-10(12)7-14-5-6-16-9-11(15)8-14/h1-4,11,15H,5-9H2/t11-/m1/s1. The third kappa shape index (κ3) is 3.01. The molecule has 1 aliphatic rings. The Morgan fingerprint density at radius 3 is 3.06 bits per heavy atom. The highest BCUT2D eigenvalue weighted by molar-refractivity contribution is 5.17. The summed E-state index contributed by atoms with van der Waals surface area (Å²) in [6.07, 6.45) is -0.478. The Labute approximate surface area is 94.4 Å². The van der Waals surface area contributed by atoms with Gasteiger partial charge in [0.25, 0.3) is 0 Å². The molecule has 0 radical (unpaired) electrons. The Hall–Kier alpha value is -0.970. The number of ether oxygens (including phenoxy) is 1. The molecule has 0 aliphatic carbocycles. The summed E-state index contributed by atoms with van der Waals surface area (Å²) >= 11 is 0. The van der Waals surface area contributed by atoms with Crippen molar-refractivity contribution in [2.24, 2.45) is 0 Å². The molecular weight excluding hydrogens is 209 g/mol. The molecule has 0 saturated carbocycles. The van der Waals surface area contributed by atoms with Crippen LogP contribution in [0, 0.1) is 5.82 Å². The molecule has 2 rings (SSSR count). The Balaban J connectivity index is 2.00. The van der Waals surface area contributed by atoms with Crippen molar-refractivity contribution in [3.05, 3.63) is 35.6 Å². The number of hydrogen-bond donors (Lipinski definition) is 1. The molecule has 0 unspecified atom stereocenters. The smallest absolute Gasteiger partial charge is 0.127 e. The fourth-order valence-electron chi connectivity index (χ4n) is 1.87. The Morgan fingerprint density at radius 1 is 1.44 bits per heavy atom. The molecule has 1 saturated heterocycles. The molecule has 1 fully saturated rings. The van der Waals surface area contributed by atoms with Gasteiger partial charge in [0.1, 0.15) is 5.82 Å². The van der Waals surface area contributed by atoms with Crippen LogP contribution in [0.1, 0.15) is 5.56 Å². The topological polar surface area (TPSA) is 32.7 Å². The van der Waals surface area contributed by atoms with Crippen LogP contribution in [-0.2, 0) is 11.3 Å². The second kappa shape index (κ2) is 5.39. The SMILES string of the molecule is O[C@H]1COCCN(Cc2ccccc2F)C1. The van der Waals surface area contributed by atoms with Gasteiger partial charge in [0, 0.05) is 25.2 Å². The highest BCUT2D eigenvalue weighted by Crippen LogP contribution is 2.11. The van der Waals surface area contributed by atoms with Crippen LogP contribution in [0.15, 0.2) is 24.3 Å². The normalized spacial score (nSPS) is 23.0. The van der Waals surface area contributed by atoms with E-state index in [1.165, 1.54) is 6.07 Å². The molecule has 4 heteroatoms. The van der Waals surface area contributed by atoms with Crippen LogP contribution in [0.3, 0.4) is 0 Å². The van der Waals surface area contributed by atoms with Crippen LogP contribution >= 0.6 is 0 Å². The first-order chi connectivity index (χ1) is 7.75. The molecule has 0 amide bonds. The monoisotopic (exact) mass is 225 g/mol. The Bertz CT molecular complexity index is 346. The van der Waals surface area contributed by atoms with E-state index >= 15 is 0 Å². The lowest BCUT2D eigenvalue weighted by molar-refractivity contribution is 0.0562. The maximum atomic E-state index is 13.4. The molecule has 1 atom stereocenters. The van der Waals surface area contributed by atoms with Gasteiger partial charge in [-0.3, -0.25) is 4.90 Å². The lowest BCUT2D eigenvalue weighted by Crippen LogP contribution is -2.32. The zero-order chi connectivity index (χ0) is 11.4. The lowest BCUT2D eigenvalue weighted by atomic mass is 10.2. The number of aliphatic hydroxyl groups excluding tert-OH is 1. The second-order valence-corrected chi connectivity index (χ2v) is 4.06. The highest BCUT2D eigenvalue weighted by Gasteiger charge is 2.17. The van der Waals surface area contributed by atoms with Crippen LogP contribution in [0.25, 0.3) is 0 Å². The molecular formula is C12H16FNO2. The van der Waals surface area contributed by atoms with E-state index < -0.39 is 6.10 Å². The van der Waals surface area contributed by atoms with E-state index in [2.05, 4.69) is 0 Å². The number of β-amino-alcohol motifs (C(OH)–C–C–N with tert-alkyl or cyclic N) is 1. The Morgan fingerprint density at radius 2 is 2.25 bits per heavy atom. The number of halogens is 1. The summed E-state index contributed by atoms with van der Waals surface area (Å²) in [5.41, 5.74) is 0.664. The van der Waals surface area contributed by atoms with Crippen molar-refractivity contribution >= 4 is 0 Å². The minimum absolute atomic E-state index is 0.192. The predicted octanol–water partition coefficient (Wildman–Crippen LogP) is 1.02. The molecule has 1 N–H and O–H groups in total. The van der Waals surface area contributed by atoms with Crippen LogP contribution in [-0.4, -0.2) is 42.4 Å². The van der Waals surface area contributed by atoms with E-state index in [0.29, 0.717) is 31.9 Å². The van der Waals surface area contributed by atoms with Gasteiger partial charge in [-0.1, -0.05) is 18.2 Å². The summed E-state index contributed by atoms with van der Waals surface area (Å²) in [7, 11) is 0. The van der Waals surface area contributed by atoms with Gasteiger partial charge in [-0.2, -0.15) is 0 Å². The number of hydrogen-bond acceptors (Lipinski definition) is 3. The molecule has 0 spiro atoms. The fourth-order valence-corrected chi connectivity index (χ4v) is 1.87. The van der Waals surface area contributed by atoms with E-state index in [0.717, 1.165) is 6.54 Å². The molecule has 1 aromatic carbocycles. The van der Waals surface area contributed by atoms with E-state index in [-0.39, 0.29) is 5.82 Å². The van der Waals surface area contributed by atoms with Crippen LogP contribution in [0.2, 0.25) is 0 Å². The van der Waals surface area contributed by atoms with E-state index in [1.807, 2.05) is 11.0 Å². The minimum Gasteiger partial charge on any atom is -0.389 e. The van der Waals surface area contributed by atoms with Gasteiger partial charge in [0.15, 0.2) is 0 Å². The zero-order valence-electron chi connectivity index (χ0n) is 9.10. The number of benzene rings is 1. The lowest BCUT2D eigenvalue weighted by Gasteiger charge is -2.21. The van der Waals surface area contributed by atoms with Crippen LogP contribution in [0.4, 0.5) is 4.39 Å². The van der Waals surface area contributed by atoms with Crippen molar-refractivity contribution in [1.29, 1.82) is 0 Å². The summed E-state index contributed by atoms with van der Waals surface area (Å²) in [6, 6.07) is 6.73. The third-order valence-corrected chi connectivity index (χ3v) is 2.68. The molecule has 0 aromatic heterocycles. The molecule has 16 heavy (non-hydrogen) atoms. The van der Waals surface area contributed by atoms with Crippen molar-refractivity contribution < 1.29 is 14.2 Å². The fraction of sp³-hybridized carbons (Fsp3) is 0.500. The van der Waals surface area contributed by atoms with Crippen molar-refractivity contribution in [2.45, 2.75) is 12.6 Å². The van der Waals surface area contributed by atoms with Gasteiger partial charge in [-0.15, -0.1) is 0 Å². The van der Waals surface area contributed by atoms with Gasteiger partial charge >= 0.3 is 0 Å². The summed E-state index contributed by atoms with van der Waals surface area (Å²) in [5, 5.41) is 9.55. The average Bonchev–Trinajstić information content (AvgIpc) is 2.46. The third-order valence-electron chi connectivity index (χ3n) is 2.68. The largest absolute Gasteiger partial charge is 0.389 e. The maximum Gasteiger partial charge on any atom is 0.127 e. The van der Waals surface area contributed by atoms with Crippen molar-refractivity contribution in [3.63, 3.8) is 0 Å². The molecule has 1 aliphatic heterocycles. The quantitative estimate of drug-likeness (QED) is 0.815. The summed E-state index contributed by atoms with van der Waals surface area (Å²) in [6.45, 7) is 2.74. The minimum atomic E-state index is -0.478. The second-order valence-electron chi connectivity index (χ2n) is 4.06. The van der Waals surface area contributed by atoms with E-state index in [1.54, 1.807) is 12.1 Å². The molecule has 1 heterocycles. The highest BCUT2D eigenvalue weighted by atomic mass is 19.1. The Kier molecular flexibility index (Phi) is 3.88. The molecule has 0 bridgehead atoms. The average molecular weight is 225 g/mol. The molecule has 1 aromatic rings.